The average molecular weight is 1200 g/mol. The second kappa shape index (κ2) is 26.2. The lowest BCUT2D eigenvalue weighted by atomic mass is 9.99. The fraction of sp³-hybridized carbons (Fsp3) is 0.464. The molecule has 2 saturated carbocycles. The van der Waals surface area contributed by atoms with Gasteiger partial charge in [0, 0.05) is 94.1 Å². The van der Waals surface area contributed by atoms with E-state index in [-0.39, 0.29) is 29.5 Å². The Balaban J connectivity index is 0.000000191. The molecule has 4 atom stereocenters. The molecule has 0 spiro atoms. The molecule has 6 aromatic rings. The predicted octanol–water partition coefficient (Wildman–Crippen LogP) is 12.7. The van der Waals surface area contributed by atoms with E-state index in [1.165, 1.54) is 3.57 Å². The van der Waals surface area contributed by atoms with Gasteiger partial charge >= 0.3 is 12.4 Å². The number of nitrogens with zero attached hydrogens (tertiary/aromatic N) is 6. The first-order valence-electron chi connectivity index (χ1n) is 25.3. The number of rotatable bonds is 16. The fourth-order valence-electron chi connectivity index (χ4n) is 8.61. The minimum Gasteiger partial charge on any atom is -0.356 e. The molecule has 6 heterocycles. The van der Waals surface area contributed by atoms with Crippen LogP contribution in [-0.2, 0) is 41.6 Å². The van der Waals surface area contributed by atoms with Gasteiger partial charge in [0.05, 0.1) is 13.1 Å². The Kier molecular flexibility index (Phi) is 20.0. The molecule has 22 heteroatoms. The summed E-state index contributed by atoms with van der Waals surface area (Å²) in [6.07, 6.45) is 9.17. The summed E-state index contributed by atoms with van der Waals surface area (Å²) in [5, 5.41) is 8.40. The normalized spacial score (nSPS) is 18.9. The van der Waals surface area contributed by atoms with E-state index in [0.29, 0.717) is 62.4 Å². The minimum absolute atomic E-state index is 0. The van der Waals surface area contributed by atoms with Crippen LogP contribution in [0.25, 0.3) is 22.6 Å². The number of terminal acetylenes is 1. The summed E-state index contributed by atoms with van der Waals surface area (Å²) in [7, 11) is 0. The van der Waals surface area contributed by atoms with Gasteiger partial charge in [0.15, 0.2) is 24.1 Å². The van der Waals surface area contributed by atoms with Gasteiger partial charge in [0.1, 0.15) is 35.2 Å². The summed E-state index contributed by atoms with van der Waals surface area (Å²) in [5.74, 6) is 7.59. The summed E-state index contributed by atoms with van der Waals surface area (Å²) in [4.78, 5) is 30.7. The Hall–Kier alpha value is -6.18. The molecule has 0 bridgehead atoms. The minimum atomic E-state index is -4.82. The highest BCUT2D eigenvalue weighted by Gasteiger charge is 2.50. The van der Waals surface area contributed by atoms with Crippen LogP contribution in [0, 0.1) is 38.6 Å². The molecule has 4 aliphatic rings. The summed E-state index contributed by atoms with van der Waals surface area (Å²) in [6.45, 7) is 6.49. The fourth-order valence-corrected chi connectivity index (χ4v) is 8.96. The van der Waals surface area contributed by atoms with Gasteiger partial charge in [-0.1, -0.05) is 40.2 Å². The molecule has 4 fully saturated rings. The summed E-state index contributed by atoms with van der Waals surface area (Å²) >= 11 is 2.29. The molecule has 10 rings (SSSR count). The zero-order chi connectivity index (χ0) is 54.8. The van der Waals surface area contributed by atoms with Crippen molar-refractivity contribution in [3.8, 4) is 46.8 Å². The van der Waals surface area contributed by atoms with Crippen molar-refractivity contribution in [1.29, 1.82) is 0 Å². The topological polar surface area (TPSA) is 159 Å². The van der Waals surface area contributed by atoms with Gasteiger partial charge in [0.2, 0.25) is 11.6 Å². The Morgan fingerprint density at radius 2 is 1.14 bits per heavy atom. The van der Waals surface area contributed by atoms with E-state index >= 15 is 0 Å². The molecule has 0 radical (unpaired) electrons. The van der Waals surface area contributed by atoms with E-state index in [0.717, 1.165) is 79.4 Å². The van der Waals surface area contributed by atoms with Gasteiger partial charge in [-0.3, -0.25) is 14.3 Å². The van der Waals surface area contributed by atoms with Crippen molar-refractivity contribution in [3.05, 3.63) is 118 Å². The number of alkyl halides is 6. The van der Waals surface area contributed by atoms with Gasteiger partial charge in [-0.15, -0.1) is 6.42 Å². The molecule has 2 aromatic carbocycles. The number of Topliss-reactive ketones (excluding diaryl/α,β-unsaturated/α-hetero) is 2. The second-order valence-corrected chi connectivity index (χ2v) is 20.8. The maximum absolute atomic E-state index is 12.6. The van der Waals surface area contributed by atoms with Crippen molar-refractivity contribution in [2.24, 2.45) is 10.8 Å². The highest BCUT2D eigenvalue weighted by molar-refractivity contribution is 14.1. The average Bonchev–Trinajstić information content (AvgIpc) is 3.94. The first-order valence-corrected chi connectivity index (χ1v) is 26.4. The number of benzene rings is 2. The van der Waals surface area contributed by atoms with E-state index in [4.69, 9.17) is 34.4 Å². The zero-order valence-corrected chi connectivity index (χ0v) is 44.9. The molecule has 2 saturated heterocycles. The van der Waals surface area contributed by atoms with E-state index in [1.54, 1.807) is 24.5 Å². The van der Waals surface area contributed by atoms with E-state index in [9.17, 15) is 35.9 Å². The maximum atomic E-state index is 12.6. The van der Waals surface area contributed by atoms with Crippen molar-refractivity contribution in [2.45, 2.75) is 141 Å². The molecule has 2 aliphatic heterocycles. The Morgan fingerprint density at radius 3 is 1.54 bits per heavy atom. The van der Waals surface area contributed by atoms with Crippen LogP contribution in [0.1, 0.15) is 132 Å². The van der Waals surface area contributed by atoms with Gasteiger partial charge in [-0.2, -0.15) is 26.3 Å². The highest BCUT2D eigenvalue weighted by Crippen LogP contribution is 2.50. The van der Waals surface area contributed by atoms with E-state index in [1.807, 2.05) is 71.8 Å². The first-order chi connectivity index (χ1) is 36.8. The molecule has 14 nitrogen and oxygen atoms in total. The van der Waals surface area contributed by atoms with Crippen LogP contribution in [0.2, 0.25) is 0 Å². The first kappa shape index (κ1) is 59.5. The Morgan fingerprint density at radius 1 is 0.705 bits per heavy atom. The predicted molar refractivity (Wildman–Crippen MR) is 278 cm³/mol. The maximum Gasteiger partial charge on any atom is 0.450 e. The second-order valence-electron chi connectivity index (χ2n) is 19.6. The van der Waals surface area contributed by atoms with Gasteiger partial charge in [0.25, 0.3) is 0 Å². The third kappa shape index (κ3) is 16.7. The molecular weight excluding hydrogens is 1140 g/mol. The number of hydrogen-bond acceptors (Lipinski definition) is 12. The summed E-state index contributed by atoms with van der Waals surface area (Å²) in [5.41, 5.74) is 2.40. The van der Waals surface area contributed by atoms with Crippen LogP contribution in [0.5, 0.6) is 0 Å². The molecule has 2 aliphatic carbocycles. The third-order valence-electron chi connectivity index (χ3n) is 13.4. The van der Waals surface area contributed by atoms with Crippen molar-refractivity contribution in [3.63, 3.8) is 0 Å². The number of ketones is 2. The molecule has 78 heavy (non-hydrogen) atoms. The van der Waals surface area contributed by atoms with Gasteiger partial charge in [-0.05, 0) is 137 Å². The number of ether oxygens (including phenoxy) is 4. The Labute approximate surface area is 459 Å². The van der Waals surface area contributed by atoms with Crippen LogP contribution < -0.4 is 0 Å². The number of halogens is 8. The van der Waals surface area contributed by atoms with Crippen LogP contribution in [0.4, 0.5) is 31.0 Å². The lowest BCUT2D eigenvalue weighted by Crippen LogP contribution is -2.25. The number of carbonyl (C=O) groups is 2. The van der Waals surface area contributed by atoms with Crippen LogP contribution in [0.3, 0.4) is 0 Å². The lowest BCUT2D eigenvalue weighted by molar-refractivity contribution is -0.188. The van der Waals surface area contributed by atoms with Crippen molar-refractivity contribution < 1.29 is 68.6 Å². The highest BCUT2D eigenvalue weighted by atomic mass is 127. The lowest BCUT2D eigenvalue weighted by Gasteiger charge is -2.26. The van der Waals surface area contributed by atoms with Crippen molar-refractivity contribution in [1.82, 2.24) is 29.4 Å². The zero-order valence-electron chi connectivity index (χ0n) is 42.8. The summed E-state index contributed by atoms with van der Waals surface area (Å²) in [6, 6.07) is 19.2. The Bertz CT molecular complexity index is 3020. The number of aromatic nitrogens is 6. The molecule has 4 aromatic heterocycles. The van der Waals surface area contributed by atoms with Gasteiger partial charge in [-0.25, -0.2) is 9.97 Å². The largest absolute Gasteiger partial charge is 0.450 e. The van der Waals surface area contributed by atoms with Crippen LogP contribution >= 0.6 is 22.6 Å². The smallest absolute Gasteiger partial charge is 0.356 e. The number of imidazole rings is 2. The van der Waals surface area contributed by atoms with Crippen molar-refractivity contribution >= 4 is 34.2 Å². The quantitative estimate of drug-likeness (QED) is 0.0514. The third-order valence-corrected chi connectivity index (χ3v) is 14.1. The van der Waals surface area contributed by atoms with E-state index < -0.39 is 47.6 Å². The van der Waals surface area contributed by atoms with Crippen LogP contribution in [-0.4, -0.2) is 79.1 Å². The standard InChI is InChI=1S/C28H28F3N3O4.C20H22IN3O3.C8H7F3O.FH/c1-19(37-25-4-2-3-15-36-25)26-32-13-14-34(26)18-22-16-23(38-33-22)21-7-5-20(6-8-21)9-10-27(11-12-27)17-24(35)28(29,30)31;1-14(26-19-4-2-3-11-25-19)20-22-9-10-24(20)13-17-12-18(27-23-17)15-5-7-16(21)8-6-15;1-2-7(3-4-7)5-6(12)8(9,10)11;/h5-8,13-14,16,19,25H,2-4,11-12,15,17-18H2,1H3;5-10,12,14,19H,2-4,11,13H2,1H3;1H,3-5H2;1H/t19-,25?;14-,19?;;/m00../s1. The SMILES string of the molecule is C#CC1(CC(=O)C(F)(F)F)CC1.C[C@H](OC1CCCCO1)c1nccn1Cc1cc(-c2ccc(C#CC3(CC(=O)C(F)(F)F)CC3)cc2)on1.C[C@H](OC1CCCCO1)c1nccn1Cc1cc(-c2ccc(I)cc2)on1.F. The molecule has 0 N–H and O–H groups in total. The van der Waals surface area contributed by atoms with Crippen molar-refractivity contribution in [2.75, 3.05) is 13.2 Å². The van der Waals surface area contributed by atoms with E-state index in [2.05, 4.69) is 72.8 Å². The monoisotopic (exact) mass is 1200 g/mol. The van der Waals surface area contributed by atoms with Crippen LogP contribution in [0.15, 0.2) is 94.5 Å². The molecule has 416 valence electrons. The van der Waals surface area contributed by atoms with Gasteiger partial charge < -0.3 is 37.1 Å². The molecule has 2 unspecified atom stereocenters. The number of carbonyl (C=O) groups excluding carboxylic acids is 2. The summed E-state index contributed by atoms with van der Waals surface area (Å²) < 4.78 is 113. The molecule has 0 amide bonds. The molecular formula is C56H58F7IN6O8. The number of hydrogen-bond donors (Lipinski definition) is 0.